The molecule has 3 rings (SSSR count). The van der Waals surface area contributed by atoms with Gasteiger partial charge in [-0.3, -0.25) is 9.59 Å². The number of amides is 2. The Hall–Kier alpha value is -2.98. The van der Waals surface area contributed by atoms with E-state index in [1.54, 1.807) is 24.4 Å². The van der Waals surface area contributed by atoms with Crippen LogP contribution < -0.4 is 10.6 Å². The van der Waals surface area contributed by atoms with Gasteiger partial charge in [-0.25, -0.2) is 9.97 Å². The Labute approximate surface area is 174 Å². The number of β-amino-alcohol motifs (C(OH)–C–C–N with tert-alkyl or cyclic N) is 1. The predicted octanol–water partition coefficient (Wildman–Crippen LogP) is 0.530. The quantitative estimate of drug-likeness (QED) is 0.462. The van der Waals surface area contributed by atoms with Crippen LogP contribution in [0.2, 0.25) is 0 Å². The van der Waals surface area contributed by atoms with Crippen LogP contribution in [0.5, 0.6) is 0 Å². The molecule has 1 aliphatic heterocycles. The van der Waals surface area contributed by atoms with E-state index in [0.29, 0.717) is 48.7 Å². The Kier molecular flexibility index (Phi) is 7.01. The summed E-state index contributed by atoms with van der Waals surface area (Å²) in [7, 11) is 1.63. The van der Waals surface area contributed by atoms with Crippen LogP contribution in [0, 0.1) is 5.92 Å². The minimum Gasteiger partial charge on any atom is -0.389 e. The maximum Gasteiger partial charge on any atom is 0.255 e. The average molecular weight is 416 g/mol. The number of aromatic nitrogens is 3. The first-order valence-corrected chi connectivity index (χ1v) is 9.90. The molecule has 0 aromatic carbocycles. The number of nitrogens with zero attached hydrogens (tertiary/aromatic N) is 3. The van der Waals surface area contributed by atoms with Gasteiger partial charge in [-0.1, -0.05) is 13.5 Å². The number of nitrogens with one attached hydrogen (secondary N) is 3. The highest BCUT2D eigenvalue weighted by Crippen LogP contribution is 2.20. The van der Waals surface area contributed by atoms with Gasteiger partial charge in [-0.15, -0.1) is 0 Å². The number of ether oxygens (including phenoxy) is 1. The lowest BCUT2D eigenvalue weighted by Crippen LogP contribution is -2.51. The molecule has 0 bridgehead atoms. The van der Waals surface area contributed by atoms with Crippen LogP contribution in [-0.4, -0.2) is 82.3 Å². The summed E-state index contributed by atoms with van der Waals surface area (Å²) in [6.45, 7) is 7.23. The summed E-state index contributed by atoms with van der Waals surface area (Å²) in [5.74, 6) is 0.202. The number of hydrogen-bond donors (Lipinski definition) is 4. The van der Waals surface area contributed by atoms with Crippen molar-refractivity contribution in [1.82, 2.24) is 25.2 Å². The molecule has 10 heteroatoms. The molecule has 1 aliphatic rings. The number of fused-ring (bicyclic) bond motifs is 1. The zero-order valence-electron chi connectivity index (χ0n) is 17.2. The summed E-state index contributed by atoms with van der Waals surface area (Å²) >= 11 is 0. The molecule has 2 aromatic rings. The van der Waals surface area contributed by atoms with E-state index >= 15 is 0 Å². The van der Waals surface area contributed by atoms with Gasteiger partial charge < -0.3 is 30.4 Å². The standard InChI is InChI=1S/C20H28N6O4/c1-4-17(28)26-6-5-14(15(27)10-26)24-16-9-22-19-18(25-16)13(8-21-19)20(29)23-7-12(2)11-30-3/h4,8-9,12,14-15,27H,1,5-7,10-11H2,2-3H3,(H,21,22)(H,23,29)(H,24,25)/t12-,14-,15+/m1/s1. The molecule has 0 unspecified atom stereocenters. The Morgan fingerprint density at radius 3 is 3.03 bits per heavy atom. The van der Waals surface area contributed by atoms with Crippen molar-refractivity contribution in [3.05, 3.63) is 30.6 Å². The number of hydrogen-bond acceptors (Lipinski definition) is 7. The van der Waals surface area contributed by atoms with E-state index < -0.39 is 6.10 Å². The first-order chi connectivity index (χ1) is 14.4. The lowest BCUT2D eigenvalue weighted by molar-refractivity contribution is -0.129. The zero-order chi connectivity index (χ0) is 21.7. The predicted molar refractivity (Wildman–Crippen MR) is 112 cm³/mol. The van der Waals surface area contributed by atoms with E-state index in [0.717, 1.165) is 0 Å². The number of H-pyrrole nitrogens is 1. The molecule has 3 heterocycles. The van der Waals surface area contributed by atoms with Gasteiger partial charge in [0.2, 0.25) is 5.91 Å². The van der Waals surface area contributed by atoms with Crippen molar-refractivity contribution in [3.63, 3.8) is 0 Å². The fourth-order valence-corrected chi connectivity index (χ4v) is 3.46. The Morgan fingerprint density at radius 2 is 2.33 bits per heavy atom. The van der Waals surface area contributed by atoms with Crippen molar-refractivity contribution >= 4 is 28.8 Å². The van der Waals surface area contributed by atoms with Gasteiger partial charge in [0.05, 0.1) is 30.5 Å². The third-order valence-electron chi connectivity index (χ3n) is 5.09. The molecule has 10 nitrogen and oxygen atoms in total. The number of likely N-dealkylation sites (tertiary alicyclic amines) is 1. The summed E-state index contributed by atoms with van der Waals surface area (Å²) < 4.78 is 5.08. The first-order valence-electron chi connectivity index (χ1n) is 9.90. The van der Waals surface area contributed by atoms with Gasteiger partial charge >= 0.3 is 0 Å². The number of aromatic amines is 1. The number of methoxy groups -OCH3 is 1. The van der Waals surface area contributed by atoms with E-state index in [2.05, 4.69) is 32.2 Å². The number of carbonyl (C=O) groups excluding carboxylic acids is 2. The molecule has 30 heavy (non-hydrogen) atoms. The highest BCUT2D eigenvalue weighted by molar-refractivity contribution is 6.04. The van der Waals surface area contributed by atoms with Crippen molar-refractivity contribution in [2.75, 3.05) is 38.7 Å². The van der Waals surface area contributed by atoms with Crippen LogP contribution in [0.25, 0.3) is 11.2 Å². The Morgan fingerprint density at radius 1 is 1.53 bits per heavy atom. The average Bonchev–Trinajstić information content (AvgIpc) is 3.16. The summed E-state index contributed by atoms with van der Waals surface area (Å²) in [4.78, 5) is 37.6. The third kappa shape index (κ3) is 4.95. The Balaban J connectivity index is 1.68. The maximum absolute atomic E-state index is 12.6. The van der Waals surface area contributed by atoms with Crippen LogP contribution in [0.1, 0.15) is 23.7 Å². The van der Waals surface area contributed by atoms with E-state index in [9.17, 15) is 14.7 Å². The topological polar surface area (TPSA) is 132 Å². The largest absolute Gasteiger partial charge is 0.389 e. The summed E-state index contributed by atoms with van der Waals surface area (Å²) in [5, 5.41) is 16.5. The van der Waals surface area contributed by atoms with Crippen molar-refractivity contribution < 1.29 is 19.4 Å². The molecule has 0 aliphatic carbocycles. The van der Waals surface area contributed by atoms with Crippen LogP contribution in [0.15, 0.2) is 25.0 Å². The maximum atomic E-state index is 12.6. The monoisotopic (exact) mass is 416 g/mol. The number of carbonyl (C=O) groups is 2. The molecule has 0 saturated carbocycles. The van der Waals surface area contributed by atoms with Crippen LogP contribution in [0.3, 0.4) is 0 Å². The molecule has 0 radical (unpaired) electrons. The minimum atomic E-state index is -0.753. The normalized spacial score (nSPS) is 20.0. The zero-order valence-corrected chi connectivity index (χ0v) is 17.2. The van der Waals surface area contributed by atoms with Crippen molar-refractivity contribution in [2.24, 2.45) is 5.92 Å². The molecule has 0 spiro atoms. The molecule has 1 fully saturated rings. The highest BCUT2D eigenvalue weighted by atomic mass is 16.5. The second-order valence-electron chi connectivity index (χ2n) is 7.52. The van der Waals surface area contributed by atoms with E-state index in [4.69, 9.17) is 4.74 Å². The number of piperidine rings is 1. The number of anilines is 1. The first kappa shape index (κ1) is 21.7. The summed E-state index contributed by atoms with van der Waals surface area (Å²) in [5.41, 5.74) is 1.35. The molecular formula is C20H28N6O4. The van der Waals surface area contributed by atoms with Crippen LogP contribution in [0.4, 0.5) is 5.82 Å². The number of rotatable bonds is 8. The highest BCUT2D eigenvalue weighted by Gasteiger charge is 2.29. The van der Waals surface area contributed by atoms with E-state index in [-0.39, 0.29) is 30.3 Å². The minimum absolute atomic E-state index is 0.188. The van der Waals surface area contributed by atoms with Crippen molar-refractivity contribution in [1.29, 1.82) is 0 Å². The van der Waals surface area contributed by atoms with Crippen LogP contribution >= 0.6 is 0 Å². The van der Waals surface area contributed by atoms with Gasteiger partial charge in [0.25, 0.3) is 5.91 Å². The van der Waals surface area contributed by atoms with E-state index in [1.165, 1.54) is 6.08 Å². The Bertz CT molecular complexity index is 914. The molecule has 162 valence electrons. The lowest BCUT2D eigenvalue weighted by atomic mass is 10.0. The molecule has 1 saturated heterocycles. The molecular weight excluding hydrogens is 388 g/mol. The number of aliphatic hydroxyl groups excluding tert-OH is 1. The van der Waals surface area contributed by atoms with Crippen molar-refractivity contribution in [3.8, 4) is 0 Å². The summed E-state index contributed by atoms with van der Waals surface area (Å²) in [6, 6.07) is -0.281. The van der Waals surface area contributed by atoms with Crippen LogP contribution in [-0.2, 0) is 9.53 Å². The second kappa shape index (κ2) is 9.68. The molecule has 2 aromatic heterocycles. The smallest absolute Gasteiger partial charge is 0.255 e. The summed E-state index contributed by atoms with van der Waals surface area (Å²) in [6.07, 6.45) is 4.18. The lowest BCUT2D eigenvalue weighted by Gasteiger charge is -2.35. The molecule has 2 amide bonds. The van der Waals surface area contributed by atoms with Crippen molar-refractivity contribution in [2.45, 2.75) is 25.5 Å². The molecule has 4 N–H and O–H groups in total. The fourth-order valence-electron chi connectivity index (χ4n) is 3.46. The number of aliphatic hydroxyl groups is 1. The van der Waals surface area contributed by atoms with Gasteiger partial charge in [-0.2, -0.15) is 0 Å². The second-order valence-corrected chi connectivity index (χ2v) is 7.52. The van der Waals surface area contributed by atoms with Gasteiger partial charge in [0, 0.05) is 32.9 Å². The van der Waals surface area contributed by atoms with Gasteiger partial charge in [-0.05, 0) is 18.4 Å². The fraction of sp³-hybridized carbons (Fsp3) is 0.500. The molecule has 3 atom stereocenters. The SMILES string of the molecule is C=CC(=O)N1CC[C@@H](Nc2cnc3[nH]cc(C(=O)NC[C@@H](C)COC)c3n2)[C@@H](O)C1. The van der Waals surface area contributed by atoms with Gasteiger partial charge in [0.15, 0.2) is 5.65 Å². The van der Waals surface area contributed by atoms with E-state index in [1.807, 2.05) is 6.92 Å². The third-order valence-corrected chi connectivity index (χ3v) is 5.09. The van der Waals surface area contributed by atoms with Gasteiger partial charge in [0.1, 0.15) is 11.3 Å².